The Balaban J connectivity index is 1.34. The minimum absolute atomic E-state index is 0.0209. The molecule has 20 heavy (non-hydrogen) atoms. The molecule has 1 aromatic rings. The highest BCUT2D eigenvalue weighted by atomic mass is 16.6. The van der Waals surface area contributed by atoms with Crippen LogP contribution in [-0.4, -0.2) is 37.5 Å². The van der Waals surface area contributed by atoms with Crippen LogP contribution >= 0.6 is 0 Å². The Morgan fingerprint density at radius 1 is 1.15 bits per heavy atom. The van der Waals surface area contributed by atoms with Gasteiger partial charge in [0, 0.05) is 37.6 Å². The normalized spacial score (nSPS) is 40.1. The van der Waals surface area contributed by atoms with Crippen LogP contribution in [0.1, 0.15) is 37.2 Å². The third-order valence-electron chi connectivity index (χ3n) is 5.03. The molecule has 4 rings (SSSR count). The van der Waals surface area contributed by atoms with Crippen LogP contribution in [0.15, 0.2) is 30.3 Å². The lowest BCUT2D eigenvalue weighted by Crippen LogP contribution is -2.48. The average Bonchev–Trinajstić information content (AvgIpc) is 3.11. The van der Waals surface area contributed by atoms with Gasteiger partial charge in [-0.05, 0) is 24.8 Å². The molecule has 3 heteroatoms. The molecular formula is C17H23NO2. The van der Waals surface area contributed by atoms with Gasteiger partial charge in [0.1, 0.15) is 0 Å². The van der Waals surface area contributed by atoms with Crippen molar-refractivity contribution in [3.05, 3.63) is 35.9 Å². The monoisotopic (exact) mass is 273 g/mol. The lowest BCUT2D eigenvalue weighted by atomic mass is 9.89. The molecule has 3 nitrogen and oxygen atoms in total. The zero-order valence-electron chi connectivity index (χ0n) is 11.9. The molecule has 0 amide bonds. The van der Waals surface area contributed by atoms with E-state index in [1.54, 1.807) is 0 Å². The summed E-state index contributed by atoms with van der Waals surface area (Å²) < 4.78 is 11.5. The second-order valence-corrected chi connectivity index (χ2v) is 6.55. The van der Waals surface area contributed by atoms with Gasteiger partial charge >= 0.3 is 0 Å². The Labute approximate surface area is 120 Å². The molecule has 2 aliphatic heterocycles. The summed E-state index contributed by atoms with van der Waals surface area (Å²) in [5, 5.41) is 3.86. The smallest absolute Gasteiger partial charge is 0.0951 e. The zero-order chi connectivity index (χ0) is 13.4. The van der Waals surface area contributed by atoms with Crippen LogP contribution in [0, 0.1) is 0 Å². The predicted molar refractivity (Wildman–Crippen MR) is 77.9 cm³/mol. The molecule has 4 atom stereocenters. The van der Waals surface area contributed by atoms with Gasteiger partial charge in [0.15, 0.2) is 0 Å². The summed E-state index contributed by atoms with van der Waals surface area (Å²) in [4.78, 5) is 0. The zero-order valence-corrected chi connectivity index (χ0v) is 11.9. The van der Waals surface area contributed by atoms with Gasteiger partial charge in [-0.2, -0.15) is 0 Å². The number of nitrogens with one attached hydrogen (secondary N) is 1. The summed E-state index contributed by atoms with van der Waals surface area (Å²) in [7, 11) is 0. The van der Waals surface area contributed by atoms with Gasteiger partial charge < -0.3 is 14.8 Å². The van der Waals surface area contributed by atoms with Crippen LogP contribution < -0.4 is 5.32 Å². The summed E-state index contributed by atoms with van der Waals surface area (Å²) in [5.74, 6) is 0.717. The molecule has 1 spiro atoms. The van der Waals surface area contributed by atoms with Crippen LogP contribution in [0.2, 0.25) is 0 Å². The summed E-state index contributed by atoms with van der Waals surface area (Å²) in [6, 6.07) is 12.2. The highest BCUT2D eigenvalue weighted by Crippen LogP contribution is 2.42. The minimum Gasteiger partial charge on any atom is -0.378 e. The topological polar surface area (TPSA) is 30.5 Å². The molecule has 3 fully saturated rings. The maximum atomic E-state index is 6.01. The van der Waals surface area contributed by atoms with Crippen LogP contribution in [0.5, 0.6) is 0 Å². The van der Waals surface area contributed by atoms with Crippen LogP contribution in [0.4, 0.5) is 0 Å². The molecule has 3 aliphatic rings. The Bertz CT molecular complexity index is 455. The first-order valence-corrected chi connectivity index (χ1v) is 7.87. The van der Waals surface area contributed by atoms with Gasteiger partial charge in [0.2, 0.25) is 0 Å². The van der Waals surface area contributed by atoms with Crippen molar-refractivity contribution in [3.63, 3.8) is 0 Å². The fourth-order valence-electron chi connectivity index (χ4n) is 3.78. The van der Waals surface area contributed by atoms with E-state index in [-0.39, 0.29) is 5.60 Å². The first-order chi connectivity index (χ1) is 9.85. The van der Waals surface area contributed by atoms with E-state index in [1.165, 1.54) is 12.0 Å². The first kappa shape index (κ1) is 12.8. The van der Waals surface area contributed by atoms with Gasteiger partial charge in [-0.25, -0.2) is 0 Å². The molecule has 1 aromatic carbocycles. The Morgan fingerprint density at radius 3 is 2.85 bits per heavy atom. The van der Waals surface area contributed by atoms with E-state index in [9.17, 15) is 0 Å². The highest BCUT2D eigenvalue weighted by Gasteiger charge is 2.44. The lowest BCUT2D eigenvalue weighted by molar-refractivity contribution is -0.0895. The number of hydrogen-bond acceptors (Lipinski definition) is 3. The highest BCUT2D eigenvalue weighted by molar-refractivity contribution is 5.27. The average molecular weight is 273 g/mol. The molecule has 4 unspecified atom stereocenters. The molecule has 1 aliphatic carbocycles. The van der Waals surface area contributed by atoms with Crippen molar-refractivity contribution in [1.82, 2.24) is 5.32 Å². The number of benzene rings is 1. The van der Waals surface area contributed by atoms with Gasteiger partial charge in [0.05, 0.1) is 12.2 Å². The van der Waals surface area contributed by atoms with Crippen LogP contribution in [-0.2, 0) is 9.47 Å². The molecule has 1 saturated carbocycles. The van der Waals surface area contributed by atoms with Crippen molar-refractivity contribution in [2.24, 2.45) is 0 Å². The molecule has 108 valence electrons. The van der Waals surface area contributed by atoms with Crippen molar-refractivity contribution in [2.75, 3.05) is 19.8 Å². The van der Waals surface area contributed by atoms with Crippen molar-refractivity contribution in [1.29, 1.82) is 0 Å². The van der Waals surface area contributed by atoms with Gasteiger partial charge in [-0.1, -0.05) is 30.3 Å². The fourth-order valence-corrected chi connectivity index (χ4v) is 3.78. The number of rotatable bonds is 3. The Morgan fingerprint density at radius 2 is 2.05 bits per heavy atom. The molecule has 1 N–H and O–H groups in total. The SMILES string of the molecule is c1ccc(C2CC2NC2CCOC3(CCOC3)C2)cc1. The summed E-state index contributed by atoms with van der Waals surface area (Å²) in [6.07, 6.45) is 4.60. The van der Waals surface area contributed by atoms with E-state index in [0.717, 1.165) is 45.0 Å². The number of hydrogen-bond donors (Lipinski definition) is 1. The minimum atomic E-state index is 0.0209. The quantitative estimate of drug-likeness (QED) is 0.917. The van der Waals surface area contributed by atoms with E-state index in [2.05, 4.69) is 35.6 Å². The van der Waals surface area contributed by atoms with E-state index < -0.39 is 0 Å². The molecule has 0 aromatic heterocycles. The van der Waals surface area contributed by atoms with Crippen molar-refractivity contribution in [3.8, 4) is 0 Å². The third kappa shape index (κ3) is 2.50. The predicted octanol–water partition coefficient (Wildman–Crippen LogP) is 2.47. The Kier molecular flexibility index (Phi) is 3.29. The molecule has 2 saturated heterocycles. The van der Waals surface area contributed by atoms with Crippen LogP contribution in [0.25, 0.3) is 0 Å². The van der Waals surface area contributed by atoms with E-state index in [1.807, 2.05) is 0 Å². The van der Waals surface area contributed by atoms with Crippen LogP contribution in [0.3, 0.4) is 0 Å². The van der Waals surface area contributed by atoms with Gasteiger partial charge in [-0.3, -0.25) is 0 Å². The molecule has 2 heterocycles. The maximum absolute atomic E-state index is 6.01. The summed E-state index contributed by atoms with van der Waals surface area (Å²) in [5.41, 5.74) is 1.50. The lowest BCUT2D eigenvalue weighted by Gasteiger charge is -2.37. The third-order valence-corrected chi connectivity index (χ3v) is 5.03. The van der Waals surface area contributed by atoms with E-state index in [0.29, 0.717) is 12.1 Å². The standard InChI is InChI=1S/C17H23NO2/c1-2-4-13(5-3-1)15-10-16(15)18-14-6-8-20-17(11-14)7-9-19-12-17/h1-5,14-16,18H,6-12H2. The molecular weight excluding hydrogens is 250 g/mol. The fraction of sp³-hybridized carbons (Fsp3) is 0.647. The van der Waals surface area contributed by atoms with Crippen molar-refractivity contribution in [2.45, 2.75) is 49.3 Å². The molecule has 0 bridgehead atoms. The Hall–Kier alpha value is -0.900. The summed E-state index contributed by atoms with van der Waals surface area (Å²) in [6.45, 7) is 2.53. The van der Waals surface area contributed by atoms with Gasteiger partial charge in [-0.15, -0.1) is 0 Å². The van der Waals surface area contributed by atoms with E-state index >= 15 is 0 Å². The van der Waals surface area contributed by atoms with Crippen molar-refractivity contribution < 1.29 is 9.47 Å². The summed E-state index contributed by atoms with van der Waals surface area (Å²) >= 11 is 0. The van der Waals surface area contributed by atoms with E-state index in [4.69, 9.17) is 9.47 Å². The molecule has 0 radical (unpaired) electrons. The number of ether oxygens (including phenoxy) is 2. The van der Waals surface area contributed by atoms with Gasteiger partial charge in [0.25, 0.3) is 0 Å². The maximum Gasteiger partial charge on any atom is 0.0951 e. The second kappa shape index (κ2) is 5.14. The first-order valence-electron chi connectivity index (χ1n) is 7.87. The van der Waals surface area contributed by atoms with Crippen molar-refractivity contribution >= 4 is 0 Å². The largest absolute Gasteiger partial charge is 0.378 e. The second-order valence-electron chi connectivity index (χ2n) is 6.55.